The first-order valence-electron chi connectivity index (χ1n) is 8.55. The molecule has 0 radical (unpaired) electrons. The summed E-state index contributed by atoms with van der Waals surface area (Å²) in [5.74, 6) is -0.812. The molecule has 0 amide bonds. The van der Waals surface area contributed by atoms with Gasteiger partial charge in [0.05, 0.1) is 13.3 Å². The van der Waals surface area contributed by atoms with Crippen LogP contribution in [0.5, 0.6) is 5.75 Å². The summed E-state index contributed by atoms with van der Waals surface area (Å²) in [6, 6.07) is 7.33. The molecule has 0 aliphatic carbocycles. The molecule has 3 rings (SSSR count). The molecule has 0 saturated heterocycles. The Morgan fingerprint density at radius 2 is 1.80 bits per heavy atom. The minimum Gasteiger partial charge on any atom is -0.496 e. The van der Waals surface area contributed by atoms with Crippen molar-refractivity contribution in [2.45, 2.75) is 11.9 Å². The zero-order valence-corrected chi connectivity index (χ0v) is 16.7. The number of anilines is 2. The fraction of sp³-hybridized carbons (Fsp3) is 0.200. The number of pyridine rings is 2. The number of aromatic nitrogens is 2. The lowest BCUT2D eigenvalue weighted by atomic mass is 10.0. The van der Waals surface area contributed by atoms with Crippen molar-refractivity contribution in [2.24, 2.45) is 0 Å². The summed E-state index contributed by atoms with van der Waals surface area (Å²) in [7, 11) is 1.32. The van der Waals surface area contributed by atoms with Crippen LogP contribution < -0.4 is 10.1 Å². The van der Waals surface area contributed by atoms with E-state index in [-0.39, 0.29) is 28.5 Å². The highest BCUT2D eigenvalue weighted by molar-refractivity contribution is 7.97. The first-order chi connectivity index (χ1) is 14.2. The average molecular weight is 441 g/mol. The third-order valence-corrected chi connectivity index (χ3v) is 4.67. The molecule has 3 aromatic rings. The van der Waals surface area contributed by atoms with E-state index in [9.17, 15) is 22.0 Å². The Bertz CT molecular complexity index is 1060. The second-order valence-electron chi connectivity index (χ2n) is 6.20. The van der Waals surface area contributed by atoms with E-state index in [0.29, 0.717) is 11.3 Å². The van der Waals surface area contributed by atoms with E-state index in [0.717, 1.165) is 24.4 Å². The molecular formula is C20H16F5N3OS. The monoisotopic (exact) mass is 441 g/mol. The maximum Gasteiger partial charge on any atom is 0.433 e. The van der Waals surface area contributed by atoms with Gasteiger partial charge in [0.25, 0.3) is 0 Å². The quantitative estimate of drug-likeness (QED) is 0.472. The number of alkyl halides is 3. The Kier molecular flexibility index (Phi) is 6.45. The Labute approximate surface area is 173 Å². The largest absolute Gasteiger partial charge is 0.496 e. The smallest absolute Gasteiger partial charge is 0.433 e. The zero-order chi connectivity index (χ0) is 21.9. The number of rotatable bonds is 6. The SMILES string of the molecule is COc1cc(F)ccc1-c1cc(Nc2cc(CSC)cc(C(F)(F)F)n2)ncc1F. The van der Waals surface area contributed by atoms with Crippen molar-refractivity contribution < 1.29 is 26.7 Å². The molecule has 0 aliphatic rings. The predicted octanol–water partition coefficient (Wildman–Crippen LogP) is 6.06. The fourth-order valence-electron chi connectivity index (χ4n) is 2.78. The lowest BCUT2D eigenvalue weighted by molar-refractivity contribution is -0.141. The van der Waals surface area contributed by atoms with Gasteiger partial charge in [-0.25, -0.2) is 18.7 Å². The van der Waals surface area contributed by atoms with Gasteiger partial charge in [0.15, 0.2) is 0 Å². The third kappa shape index (κ3) is 4.99. The van der Waals surface area contributed by atoms with Gasteiger partial charge in [0.1, 0.15) is 34.7 Å². The van der Waals surface area contributed by atoms with Gasteiger partial charge in [-0.2, -0.15) is 24.9 Å². The Balaban J connectivity index is 2.01. The van der Waals surface area contributed by atoms with Crippen molar-refractivity contribution in [1.82, 2.24) is 9.97 Å². The van der Waals surface area contributed by atoms with Gasteiger partial charge in [-0.1, -0.05) is 0 Å². The van der Waals surface area contributed by atoms with E-state index in [1.54, 1.807) is 6.26 Å². The number of nitrogens with zero attached hydrogens (tertiary/aromatic N) is 2. The highest BCUT2D eigenvalue weighted by Crippen LogP contribution is 2.34. The number of halogens is 5. The van der Waals surface area contributed by atoms with E-state index in [4.69, 9.17) is 4.74 Å². The number of hydrogen-bond acceptors (Lipinski definition) is 5. The Hall–Kier alpha value is -2.88. The van der Waals surface area contributed by atoms with E-state index >= 15 is 0 Å². The molecule has 0 spiro atoms. The van der Waals surface area contributed by atoms with Gasteiger partial charge in [-0.3, -0.25) is 0 Å². The third-order valence-electron chi connectivity index (χ3n) is 4.05. The van der Waals surface area contributed by atoms with Gasteiger partial charge in [0.2, 0.25) is 0 Å². The Morgan fingerprint density at radius 1 is 1.03 bits per heavy atom. The molecule has 0 fully saturated rings. The minimum atomic E-state index is -4.62. The topological polar surface area (TPSA) is 47.0 Å². The van der Waals surface area contributed by atoms with E-state index < -0.39 is 23.5 Å². The molecular weight excluding hydrogens is 425 g/mol. The number of methoxy groups -OCH3 is 1. The number of benzene rings is 1. The molecule has 4 nitrogen and oxygen atoms in total. The summed E-state index contributed by atoms with van der Waals surface area (Å²) < 4.78 is 72.5. The van der Waals surface area contributed by atoms with Crippen LogP contribution in [0.3, 0.4) is 0 Å². The standard InChI is InChI=1S/C20H16F5N3OS/c1-29-16-7-12(21)3-4-13(16)14-8-18(26-9-15(14)22)28-19-6-11(10-30-2)5-17(27-19)20(23,24)25/h3-9H,10H2,1-2H3,(H,26,27,28). The van der Waals surface area contributed by atoms with Crippen LogP contribution in [0, 0.1) is 11.6 Å². The van der Waals surface area contributed by atoms with Crippen LogP contribution in [0.1, 0.15) is 11.3 Å². The van der Waals surface area contributed by atoms with Crippen LogP contribution in [0.4, 0.5) is 33.6 Å². The summed E-state index contributed by atoms with van der Waals surface area (Å²) in [6.07, 6.45) is -1.94. The van der Waals surface area contributed by atoms with Crippen molar-refractivity contribution in [3.63, 3.8) is 0 Å². The lowest BCUT2D eigenvalue weighted by Gasteiger charge is -2.14. The maximum absolute atomic E-state index is 14.4. The second kappa shape index (κ2) is 8.86. The van der Waals surface area contributed by atoms with Crippen molar-refractivity contribution in [3.8, 4) is 16.9 Å². The summed E-state index contributed by atoms with van der Waals surface area (Å²) in [4.78, 5) is 7.47. The molecule has 158 valence electrons. The molecule has 1 N–H and O–H groups in total. The molecule has 1 aromatic carbocycles. The number of nitrogens with one attached hydrogen (secondary N) is 1. The Morgan fingerprint density at radius 3 is 2.47 bits per heavy atom. The van der Waals surface area contributed by atoms with E-state index in [1.165, 1.54) is 37.1 Å². The molecule has 10 heteroatoms. The average Bonchev–Trinajstić information content (AvgIpc) is 2.69. The van der Waals surface area contributed by atoms with Gasteiger partial charge in [0, 0.05) is 22.9 Å². The second-order valence-corrected chi connectivity index (χ2v) is 7.06. The summed E-state index contributed by atoms with van der Waals surface area (Å²) >= 11 is 1.36. The summed E-state index contributed by atoms with van der Waals surface area (Å²) in [5, 5.41) is 2.69. The first-order valence-corrected chi connectivity index (χ1v) is 9.94. The first kappa shape index (κ1) is 21.8. The van der Waals surface area contributed by atoms with E-state index in [1.807, 2.05) is 0 Å². The van der Waals surface area contributed by atoms with Gasteiger partial charge in [-0.05, 0) is 42.2 Å². The zero-order valence-electron chi connectivity index (χ0n) is 15.8. The number of thioether (sulfide) groups is 1. The molecule has 2 aromatic heterocycles. The van der Waals surface area contributed by atoms with Crippen molar-refractivity contribution in [2.75, 3.05) is 18.7 Å². The van der Waals surface area contributed by atoms with Crippen molar-refractivity contribution in [1.29, 1.82) is 0 Å². The summed E-state index contributed by atoms with van der Waals surface area (Å²) in [5.41, 5.74) is -0.309. The van der Waals surface area contributed by atoms with Crippen LogP contribution in [0.15, 0.2) is 42.6 Å². The molecule has 0 atom stereocenters. The normalized spacial score (nSPS) is 11.4. The molecule has 0 unspecified atom stereocenters. The van der Waals surface area contributed by atoms with Gasteiger partial charge in [-0.15, -0.1) is 0 Å². The van der Waals surface area contributed by atoms with Crippen LogP contribution in [0.25, 0.3) is 11.1 Å². The van der Waals surface area contributed by atoms with Crippen LogP contribution >= 0.6 is 11.8 Å². The minimum absolute atomic E-state index is 0.0423. The molecule has 0 bridgehead atoms. The maximum atomic E-state index is 14.4. The molecule has 0 saturated carbocycles. The fourth-order valence-corrected chi connectivity index (χ4v) is 3.28. The van der Waals surface area contributed by atoms with Gasteiger partial charge >= 0.3 is 6.18 Å². The van der Waals surface area contributed by atoms with Gasteiger partial charge < -0.3 is 10.1 Å². The molecule has 0 aliphatic heterocycles. The predicted molar refractivity (Wildman–Crippen MR) is 106 cm³/mol. The molecule has 30 heavy (non-hydrogen) atoms. The highest BCUT2D eigenvalue weighted by atomic mass is 32.2. The highest BCUT2D eigenvalue weighted by Gasteiger charge is 2.33. The molecule has 2 heterocycles. The van der Waals surface area contributed by atoms with Crippen LogP contribution in [0.2, 0.25) is 0 Å². The van der Waals surface area contributed by atoms with Crippen LogP contribution in [-0.4, -0.2) is 23.3 Å². The van der Waals surface area contributed by atoms with E-state index in [2.05, 4.69) is 15.3 Å². The van der Waals surface area contributed by atoms with Crippen molar-refractivity contribution in [3.05, 3.63) is 65.5 Å². The lowest BCUT2D eigenvalue weighted by Crippen LogP contribution is -2.10. The van der Waals surface area contributed by atoms with Crippen LogP contribution in [-0.2, 0) is 11.9 Å². The summed E-state index contributed by atoms with van der Waals surface area (Å²) in [6.45, 7) is 0. The number of ether oxygens (including phenoxy) is 1. The van der Waals surface area contributed by atoms with Crippen molar-refractivity contribution >= 4 is 23.4 Å². The number of hydrogen-bond donors (Lipinski definition) is 1.